The summed E-state index contributed by atoms with van der Waals surface area (Å²) in [5, 5.41) is 3.32. The third-order valence-electron chi connectivity index (χ3n) is 4.05. The van der Waals surface area contributed by atoms with E-state index < -0.39 is 0 Å². The Kier molecular flexibility index (Phi) is 4.02. The molecule has 0 aromatic heterocycles. The molecule has 1 N–H and O–H groups in total. The molecule has 1 aliphatic heterocycles. The van der Waals surface area contributed by atoms with Gasteiger partial charge in [0, 0.05) is 18.3 Å². The van der Waals surface area contributed by atoms with E-state index in [1.165, 1.54) is 11.1 Å². The number of carbonyl (C=O) groups is 1. The molecule has 2 aromatic carbocycles. The van der Waals surface area contributed by atoms with E-state index in [9.17, 15) is 4.79 Å². The fourth-order valence-corrected chi connectivity index (χ4v) is 2.79. The number of carbonyl (C=O) groups excluding carboxylic acids is 1. The molecule has 1 aliphatic rings. The second-order valence-electron chi connectivity index (χ2n) is 5.44. The zero-order valence-corrected chi connectivity index (χ0v) is 12.3. The van der Waals surface area contributed by atoms with Gasteiger partial charge in [0.05, 0.1) is 6.54 Å². The Hall–Kier alpha value is -2.13. The molecule has 108 valence electrons. The second-order valence-corrected chi connectivity index (χ2v) is 5.44. The van der Waals surface area contributed by atoms with E-state index in [1.54, 1.807) is 0 Å². The van der Waals surface area contributed by atoms with Crippen LogP contribution in [0.2, 0.25) is 0 Å². The molecule has 0 aliphatic carbocycles. The number of rotatable bonds is 4. The van der Waals surface area contributed by atoms with Crippen molar-refractivity contribution in [1.29, 1.82) is 0 Å². The third kappa shape index (κ3) is 2.98. The van der Waals surface area contributed by atoms with Crippen molar-refractivity contribution < 1.29 is 4.79 Å². The summed E-state index contributed by atoms with van der Waals surface area (Å²) in [6, 6.07) is 18.5. The molecule has 1 unspecified atom stereocenters. The fraction of sp³-hybridized carbons (Fsp3) is 0.278. The Labute approximate surface area is 125 Å². The smallest absolute Gasteiger partial charge is 0.240 e. The van der Waals surface area contributed by atoms with Gasteiger partial charge < -0.3 is 10.2 Å². The summed E-state index contributed by atoms with van der Waals surface area (Å²) in [6.07, 6.45) is 0.955. The van der Waals surface area contributed by atoms with Gasteiger partial charge in [0.25, 0.3) is 0 Å². The maximum Gasteiger partial charge on any atom is 0.240 e. The van der Waals surface area contributed by atoms with Crippen LogP contribution in [0.3, 0.4) is 0 Å². The summed E-state index contributed by atoms with van der Waals surface area (Å²) in [6.45, 7) is 3.24. The van der Waals surface area contributed by atoms with Crippen LogP contribution in [0.1, 0.15) is 24.1 Å². The summed E-state index contributed by atoms with van der Waals surface area (Å²) >= 11 is 0. The number of amides is 1. The van der Waals surface area contributed by atoms with Crippen LogP contribution in [0.15, 0.2) is 54.6 Å². The van der Waals surface area contributed by atoms with Crippen molar-refractivity contribution in [2.45, 2.75) is 19.4 Å². The first-order valence-corrected chi connectivity index (χ1v) is 7.42. The van der Waals surface area contributed by atoms with Crippen LogP contribution in [0.4, 0.5) is 5.69 Å². The number of nitrogens with zero attached hydrogens (tertiary/aromatic N) is 1. The van der Waals surface area contributed by atoms with E-state index in [-0.39, 0.29) is 11.9 Å². The molecular formula is C18H20N2O. The summed E-state index contributed by atoms with van der Waals surface area (Å²) in [5.74, 6) is 0.141. The van der Waals surface area contributed by atoms with Crippen molar-refractivity contribution in [2.75, 3.05) is 18.0 Å². The Morgan fingerprint density at radius 1 is 1.14 bits per heavy atom. The van der Waals surface area contributed by atoms with Crippen LogP contribution in [0.25, 0.3) is 0 Å². The van der Waals surface area contributed by atoms with Crippen molar-refractivity contribution in [3.05, 3.63) is 65.7 Å². The van der Waals surface area contributed by atoms with Gasteiger partial charge in [-0.2, -0.15) is 0 Å². The lowest BCUT2D eigenvalue weighted by molar-refractivity contribution is -0.117. The molecule has 0 saturated heterocycles. The van der Waals surface area contributed by atoms with Crippen molar-refractivity contribution in [1.82, 2.24) is 5.32 Å². The van der Waals surface area contributed by atoms with Gasteiger partial charge in [-0.05, 0) is 30.5 Å². The first-order chi connectivity index (χ1) is 10.3. The molecular weight excluding hydrogens is 260 g/mol. The number of fused-ring (bicyclic) bond motifs is 1. The molecule has 0 bridgehead atoms. The van der Waals surface area contributed by atoms with Gasteiger partial charge in [-0.25, -0.2) is 0 Å². The van der Waals surface area contributed by atoms with Gasteiger partial charge in [0.15, 0.2) is 0 Å². The highest BCUT2D eigenvalue weighted by molar-refractivity contribution is 5.96. The molecule has 1 heterocycles. The lowest BCUT2D eigenvalue weighted by atomic mass is 10.1. The molecule has 0 fully saturated rings. The topological polar surface area (TPSA) is 32.3 Å². The standard InChI is InChI=1S/C18H20N2O/c1-14(15-7-3-2-4-8-15)19-13-18(21)20-12-11-16-9-5-6-10-17(16)20/h2-10,14,19H,11-13H2,1H3. The highest BCUT2D eigenvalue weighted by atomic mass is 16.2. The van der Waals surface area contributed by atoms with E-state index in [0.717, 1.165) is 18.7 Å². The quantitative estimate of drug-likeness (QED) is 0.934. The van der Waals surface area contributed by atoms with E-state index in [0.29, 0.717) is 6.54 Å². The van der Waals surface area contributed by atoms with E-state index in [4.69, 9.17) is 0 Å². The lowest BCUT2D eigenvalue weighted by Crippen LogP contribution is -2.38. The van der Waals surface area contributed by atoms with E-state index >= 15 is 0 Å². The van der Waals surface area contributed by atoms with Crippen LogP contribution in [0, 0.1) is 0 Å². The molecule has 1 atom stereocenters. The minimum absolute atomic E-state index is 0.141. The highest BCUT2D eigenvalue weighted by Crippen LogP contribution is 2.27. The minimum atomic E-state index is 0.141. The summed E-state index contributed by atoms with van der Waals surface area (Å²) in [7, 11) is 0. The zero-order valence-electron chi connectivity index (χ0n) is 12.3. The molecule has 0 spiro atoms. The van der Waals surface area contributed by atoms with Gasteiger partial charge in [-0.3, -0.25) is 4.79 Å². The number of hydrogen-bond donors (Lipinski definition) is 1. The van der Waals surface area contributed by atoms with Crippen LogP contribution < -0.4 is 10.2 Å². The molecule has 0 saturated carbocycles. The summed E-state index contributed by atoms with van der Waals surface area (Å²) in [4.78, 5) is 14.3. The van der Waals surface area contributed by atoms with Gasteiger partial charge in [-0.15, -0.1) is 0 Å². The fourth-order valence-electron chi connectivity index (χ4n) is 2.79. The van der Waals surface area contributed by atoms with Crippen LogP contribution in [-0.2, 0) is 11.2 Å². The SMILES string of the molecule is CC(NCC(=O)N1CCc2ccccc21)c1ccccc1. The summed E-state index contributed by atoms with van der Waals surface area (Å²) < 4.78 is 0. The van der Waals surface area contributed by atoms with Gasteiger partial charge >= 0.3 is 0 Å². The molecule has 0 radical (unpaired) electrons. The molecule has 3 heteroatoms. The van der Waals surface area contributed by atoms with Crippen molar-refractivity contribution in [3.63, 3.8) is 0 Å². The van der Waals surface area contributed by atoms with Crippen molar-refractivity contribution in [2.24, 2.45) is 0 Å². The largest absolute Gasteiger partial charge is 0.311 e. The van der Waals surface area contributed by atoms with Gasteiger partial charge in [0.1, 0.15) is 0 Å². The first-order valence-electron chi connectivity index (χ1n) is 7.42. The minimum Gasteiger partial charge on any atom is -0.311 e. The van der Waals surface area contributed by atoms with Crippen LogP contribution in [-0.4, -0.2) is 19.0 Å². The Bertz CT molecular complexity index is 624. The molecule has 21 heavy (non-hydrogen) atoms. The first kappa shape index (κ1) is 13.8. The predicted molar refractivity (Wildman–Crippen MR) is 85.4 cm³/mol. The third-order valence-corrected chi connectivity index (χ3v) is 4.05. The van der Waals surface area contributed by atoms with E-state index in [2.05, 4.69) is 30.4 Å². The number of nitrogens with one attached hydrogen (secondary N) is 1. The second kappa shape index (κ2) is 6.10. The molecule has 2 aromatic rings. The number of benzene rings is 2. The number of anilines is 1. The van der Waals surface area contributed by atoms with Crippen molar-refractivity contribution in [3.8, 4) is 0 Å². The van der Waals surface area contributed by atoms with Crippen LogP contribution in [0.5, 0.6) is 0 Å². The lowest BCUT2D eigenvalue weighted by Gasteiger charge is -2.20. The monoisotopic (exact) mass is 280 g/mol. The van der Waals surface area contributed by atoms with Gasteiger partial charge in [-0.1, -0.05) is 48.5 Å². The number of para-hydroxylation sites is 1. The average molecular weight is 280 g/mol. The van der Waals surface area contributed by atoms with E-state index in [1.807, 2.05) is 41.3 Å². The predicted octanol–water partition coefficient (Wildman–Crippen LogP) is 2.93. The average Bonchev–Trinajstić information content (AvgIpc) is 2.97. The normalized spacial score (nSPS) is 14.8. The highest BCUT2D eigenvalue weighted by Gasteiger charge is 2.23. The molecule has 3 nitrogen and oxygen atoms in total. The van der Waals surface area contributed by atoms with Gasteiger partial charge in [0.2, 0.25) is 5.91 Å². The van der Waals surface area contributed by atoms with Crippen molar-refractivity contribution >= 4 is 11.6 Å². The summed E-state index contributed by atoms with van der Waals surface area (Å²) in [5.41, 5.74) is 3.53. The zero-order chi connectivity index (χ0) is 14.7. The Balaban J connectivity index is 1.61. The maximum absolute atomic E-state index is 12.4. The van der Waals surface area contributed by atoms with Crippen LogP contribution >= 0.6 is 0 Å². The maximum atomic E-state index is 12.4. The Morgan fingerprint density at radius 2 is 1.86 bits per heavy atom. The molecule has 3 rings (SSSR count). The Morgan fingerprint density at radius 3 is 2.67 bits per heavy atom. The molecule has 1 amide bonds. The number of hydrogen-bond acceptors (Lipinski definition) is 2.